The molecule has 34 heavy (non-hydrogen) atoms. The van der Waals surface area contributed by atoms with Crippen molar-refractivity contribution in [2.24, 2.45) is 0 Å². The Kier molecular flexibility index (Phi) is 7.04. The molecule has 0 aliphatic rings. The SMILES string of the molecule is C=CC(=O)Nc1cc(Nc2nccc(-c3c[nH]c4ccccc34)n2)c(OC)cc1OCCNC. The molecule has 0 spiro atoms. The topological polar surface area (TPSA) is 113 Å². The van der Waals surface area contributed by atoms with E-state index in [0.29, 0.717) is 42.0 Å². The number of para-hydroxylation sites is 1. The number of hydrogen-bond donors (Lipinski definition) is 4. The van der Waals surface area contributed by atoms with E-state index in [1.54, 1.807) is 25.4 Å². The molecule has 9 nitrogen and oxygen atoms in total. The fourth-order valence-electron chi connectivity index (χ4n) is 3.46. The van der Waals surface area contributed by atoms with Crippen LogP contribution in [0, 0.1) is 0 Å². The van der Waals surface area contributed by atoms with Gasteiger partial charge in [-0.3, -0.25) is 4.79 Å². The Morgan fingerprint density at radius 3 is 2.82 bits per heavy atom. The standard InChI is InChI=1S/C25H26N6O3/c1-4-24(32)29-21-13-20(22(33-3)14-23(21)34-12-11-26-2)31-25-27-10-9-19(30-25)17-15-28-18-8-6-5-7-16(17)18/h4-10,13-15,26,28H,1,11-12H2,2-3H3,(H,29,32)(H,27,30,31). The predicted octanol–water partition coefficient (Wildman–Crippen LogP) is 4.10. The zero-order valence-corrected chi connectivity index (χ0v) is 19.0. The van der Waals surface area contributed by atoms with Crippen LogP contribution in [0.25, 0.3) is 22.2 Å². The summed E-state index contributed by atoms with van der Waals surface area (Å²) in [7, 11) is 3.39. The van der Waals surface area contributed by atoms with Crippen LogP contribution in [0.1, 0.15) is 0 Å². The Morgan fingerprint density at radius 2 is 2.03 bits per heavy atom. The first-order chi connectivity index (χ1) is 16.6. The van der Waals surface area contributed by atoms with Gasteiger partial charge in [0.25, 0.3) is 0 Å². The number of anilines is 3. The highest BCUT2D eigenvalue weighted by Crippen LogP contribution is 2.38. The molecule has 1 amide bonds. The van der Waals surface area contributed by atoms with Crippen LogP contribution in [0.3, 0.4) is 0 Å². The van der Waals surface area contributed by atoms with Crippen molar-refractivity contribution in [3.05, 3.63) is 67.5 Å². The Hall–Kier alpha value is -4.37. The zero-order chi connectivity index (χ0) is 23.9. The molecule has 0 atom stereocenters. The average molecular weight is 459 g/mol. The number of carbonyl (C=O) groups is 1. The number of nitrogens with one attached hydrogen (secondary N) is 4. The molecular weight excluding hydrogens is 432 g/mol. The number of hydrogen-bond acceptors (Lipinski definition) is 7. The lowest BCUT2D eigenvalue weighted by Crippen LogP contribution is -2.17. The Bertz CT molecular complexity index is 1320. The molecule has 2 aromatic heterocycles. The van der Waals surface area contributed by atoms with E-state index in [1.807, 2.05) is 43.6 Å². The lowest BCUT2D eigenvalue weighted by molar-refractivity contribution is -0.111. The van der Waals surface area contributed by atoms with Crippen LogP contribution < -0.4 is 25.4 Å². The number of ether oxygens (including phenoxy) is 2. The van der Waals surface area contributed by atoms with Crippen LogP contribution >= 0.6 is 0 Å². The Balaban J connectivity index is 1.67. The van der Waals surface area contributed by atoms with Gasteiger partial charge in [-0.25, -0.2) is 9.97 Å². The molecule has 4 rings (SSSR count). The molecule has 4 aromatic rings. The lowest BCUT2D eigenvalue weighted by Gasteiger charge is -2.17. The molecule has 2 aromatic carbocycles. The van der Waals surface area contributed by atoms with E-state index in [9.17, 15) is 4.79 Å². The first-order valence-electron chi connectivity index (χ1n) is 10.7. The van der Waals surface area contributed by atoms with Crippen LogP contribution in [-0.4, -0.2) is 48.2 Å². The van der Waals surface area contributed by atoms with Crippen molar-refractivity contribution < 1.29 is 14.3 Å². The molecule has 0 radical (unpaired) electrons. The van der Waals surface area contributed by atoms with Crippen molar-refractivity contribution in [1.82, 2.24) is 20.3 Å². The van der Waals surface area contributed by atoms with E-state index in [4.69, 9.17) is 9.47 Å². The molecule has 0 aliphatic carbocycles. The van der Waals surface area contributed by atoms with Crippen molar-refractivity contribution in [3.63, 3.8) is 0 Å². The van der Waals surface area contributed by atoms with Gasteiger partial charge >= 0.3 is 0 Å². The third-order valence-corrected chi connectivity index (χ3v) is 5.12. The van der Waals surface area contributed by atoms with Gasteiger partial charge in [-0.05, 0) is 31.3 Å². The monoisotopic (exact) mass is 458 g/mol. The number of aromatic amines is 1. The largest absolute Gasteiger partial charge is 0.494 e. The molecule has 0 bridgehead atoms. The second-order valence-corrected chi connectivity index (χ2v) is 7.33. The molecule has 2 heterocycles. The van der Waals surface area contributed by atoms with Gasteiger partial charge in [0, 0.05) is 41.5 Å². The van der Waals surface area contributed by atoms with Crippen LogP contribution in [0.5, 0.6) is 11.5 Å². The molecule has 0 unspecified atom stereocenters. The molecule has 174 valence electrons. The number of nitrogens with zero attached hydrogens (tertiary/aromatic N) is 2. The number of aromatic nitrogens is 3. The normalized spacial score (nSPS) is 10.6. The van der Waals surface area contributed by atoms with Crippen LogP contribution in [0.15, 0.2) is 67.5 Å². The maximum atomic E-state index is 12.0. The van der Waals surface area contributed by atoms with Gasteiger partial charge in [0.1, 0.15) is 18.1 Å². The quantitative estimate of drug-likeness (QED) is 0.209. The number of fused-ring (bicyclic) bond motifs is 1. The summed E-state index contributed by atoms with van der Waals surface area (Å²) in [5.41, 5.74) is 3.81. The first kappa shape index (κ1) is 22.8. The fourth-order valence-corrected chi connectivity index (χ4v) is 3.46. The smallest absolute Gasteiger partial charge is 0.247 e. The molecule has 0 saturated heterocycles. The molecule has 0 fully saturated rings. The molecular formula is C25H26N6O3. The molecule has 9 heteroatoms. The Labute approximate surface area is 197 Å². The second kappa shape index (κ2) is 10.5. The van der Waals surface area contributed by atoms with Crippen molar-refractivity contribution in [3.8, 4) is 22.8 Å². The number of amides is 1. The Morgan fingerprint density at radius 1 is 1.18 bits per heavy atom. The third-order valence-electron chi connectivity index (χ3n) is 5.12. The van der Waals surface area contributed by atoms with Crippen molar-refractivity contribution >= 4 is 34.1 Å². The zero-order valence-electron chi connectivity index (χ0n) is 19.0. The number of rotatable bonds is 10. The lowest BCUT2D eigenvalue weighted by atomic mass is 10.1. The summed E-state index contributed by atoms with van der Waals surface area (Å²) in [6, 6.07) is 13.3. The van der Waals surface area contributed by atoms with Crippen molar-refractivity contribution in [2.45, 2.75) is 0 Å². The summed E-state index contributed by atoms with van der Waals surface area (Å²) in [5.74, 6) is 1.01. The van der Waals surface area contributed by atoms with Crippen molar-refractivity contribution in [1.29, 1.82) is 0 Å². The molecule has 0 aliphatic heterocycles. The summed E-state index contributed by atoms with van der Waals surface area (Å²) in [6.07, 6.45) is 4.81. The number of H-pyrrole nitrogens is 1. The van der Waals surface area contributed by atoms with Crippen LogP contribution in [-0.2, 0) is 4.79 Å². The maximum Gasteiger partial charge on any atom is 0.247 e. The van der Waals surface area contributed by atoms with Gasteiger partial charge in [0.2, 0.25) is 11.9 Å². The summed E-state index contributed by atoms with van der Waals surface area (Å²) in [5, 5.41) is 10.1. The summed E-state index contributed by atoms with van der Waals surface area (Å²) < 4.78 is 11.4. The first-order valence-corrected chi connectivity index (χ1v) is 10.7. The number of benzene rings is 2. The van der Waals surface area contributed by atoms with Gasteiger partial charge in [-0.1, -0.05) is 24.8 Å². The van der Waals surface area contributed by atoms with Gasteiger partial charge < -0.3 is 30.4 Å². The fraction of sp³-hybridized carbons (Fsp3) is 0.160. The van der Waals surface area contributed by atoms with Crippen molar-refractivity contribution in [2.75, 3.05) is 37.9 Å². The van der Waals surface area contributed by atoms with E-state index in [0.717, 1.165) is 22.2 Å². The third kappa shape index (κ3) is 5.00. The van der Waals surface area contributed by atoms with Crippen LogP contribution in [0.2, 0.25) is 0 Å². The number of likely N-dealkylation sites (N-methyl/N-ethyl adjacent to an activating group) is 1. The minimum atomic E-state index is -0.354. The van der Waals surface area contributed by atoms with Gasteiger partial charge in [0.05, 0.1) is 24.2 Å². The summed E-state index contributed by atoms with van der Waals surface area (Å²) in [6.45, 7) is 4.58. The van der Waals surface area contributed by atoms with E-state index in [2.05, 4.69) is 37.5 Å². The second-order valence-electron chi connectivity index (χ2n) is 7.33. The minimum absolute atomic E-state index is 0.354. The van der Waals surface area contributed by atoms with Gasteiger partial charge in [-0.2, -0.15) is 0 Å². The van der Waals surface area contributed by atoms with Crippen LogP contribution in [0.4, 0.5) is 17.3 Å². The summed E-state index contributed by atoms with van der Waals surface area (Å²) in [4.78, 5) is 24.3. The summed E-state index contributed by atoms with van der Waals surface area (Å²) >= 11 is 0. The predicted molar refractivity (Wildman–Crippen MR) is 134 cm³/mol. The highest BCUT2D eigenvalue weighted by atomic mass is 16.5. The van der Waals surface area contributed by atoms with E-state index in [-0.39, 0.29) is 5.91 Å². The van der Waals surface area contributed by atoms with Gasteiger partial charge in [-0.15, -0.1) is 0 Å². The van der Waals surface area contributed by atoms with E-state index < -0.39 is 0 Å². The maximum absolute atomic E-state index is 12.0. The minimum Gasteiger partial charge on any atom is -0.494 e. The van der Waals surface area contributed by atoms with E-state index >= 15 is 0 Å². The molecule has 0 saturated carbocycles. The number of carbonyl (C=O) groups excluding carboxylic acids is 1. The highest BCUT2D eigenvalue weighted by molar-refractivity contribution is 6.00. The van der Waals surface area contributed by atoms with E-state index in [1.165, 1.54) is 6.08 Å². The highest BCUT2D eigenvalue weighted by Gasteiger charge is 2.15. The van der Waals surface area contributed by atoms with Gasteiger partial charge in [0.15, 0.2) is 0 Å². The molecule has 4 N–H and O–H groups in total. The average Bonchev–Trinajstić information content (AvgIpc) is 3.29. The number of methoxy groups -OCH3 is 1.